The molecule has 5 heterocycles. The molecule has 1 aromatic carbocycles. The Hall–Kier alpha value is -4.71. The summed E-state index contributed by atoms with van der Waals surface area (Å²) in [6, 6.07) is 12.8. The van der Waals surface area contributed by atoms with Gasteiger partial charge >= 0.3 is 0 Å². The van der Waals surface area contributed by atoms with E-state index in [1.807, 2.05) is 33.7 Å². The summed E-state index contributed by atoms with van der Waals surface area (Å²) >= 11 is 0. The maximum Gasteiger partial charge on any atom is 0.298 e. The number of nitrogen functional groups attached to an aromatic ring is 1. The number of carbonyl (C=O) groups is 2. The second-order valence-electron chi connectivity index (χ2n) is 9.32. The van der Waals surface area contributed by atoms with E-state index >= 15 is 0 Å². The maximum atomic E-state index is 12.7. The number of nitrogens with one attached hydrogen (secondary N) is 1. The molecule has 9 heteroatoms. The number of nitrogens with two attached hydrogens (primary N) is 1. The minimum Gasteiger partial charge on any atom is -0.382 e. The Bertz CT molecular complexity index is 1570. The zero-order valence-corrected chi connectivity index (χ0v) is 20.3. The Balaban J connectivity index is 1.34. The van der Waals surface area contributed by atoms with E-state index in [4.69, 9.17) is 10.7 Å². The van der Waals surface area contributed by atoms with E-state index in [9.17, 15) is 9.59 Å². The third-order valence-corrected chi connectivity index (χ3v) is 7.27. The lowest BCUT2D eigenvalue weighted by atomic mass is 9.88. The molecule has 3 aromatic heterocycles. The number of imidazole rings is 1. The van der Waals surface area contributed by atoms with Crippen LogP contribution in [0.5, 0.6) is 0 Å². The molecule has 0 unspecified atom stereocenters. The molecule has 37 heavy (non-hydrogen) atoms. The van der Waals surface area contributed by atoms with Crippen molar-refractivity contribution in [3.63, 3.8) is 0 Å². The Labute approximate surface area is 213 Å². The SMILES string of the molecule is CC#CC(=O)N1[C@@H]2CC[C@H]1[C@@H](c1nc(-c3ccc(C(=O)Nc4ccccn4)cc3)c3c(N)nccn13)C2. The average molecular weight is 492 g/mol. The summed E-state index contributed by atoms with van der Waals surface area (Å²) in [5, 5.41) is 2.79. The maximum absolute atomic E-state index is 12.7. The topological polar surface area (TPSA) is 119 Å². The summed E-state index contributed by atoms with van der Waals surface area (Å²) in [7, 11) is 0. The second-order valence-corrected chi connectivity index (χ2v) is 9.32. The van der Waals surface area contributed by atoms with Crippen molar-refractivity contribution in [3.8, 4) is 23.1 Å². The van der Waals surface area contributed by atoms with E-state index in [0.29, 0.717) is 22.9 Å². The molecule has 4 aromatic rings. The van der Waals surface area contributed by atoms with Crippen molar-refractivity contribution >= 4 is 29.0 Å². The van der Waals surface area contributed by atoms with Crippen molar-refractivity contribution in [1.29, 1.82) is 0 Å². The summed E-state index contributed by atoms with van der Waals surface area (Å²) in [6.07, 6.45) is 7.92. The van der Waals surface area contributed by atoms with E-state index in [-0.39, 0.29) is 29.8 Å². The summed E-state index contributed by atoms with van der Waals surface area (Å²) in [6.45, 7) is 1.69. The summed E-state index contributed by atoms with van der Waals surface area (Å²) < 4.78 is 2.00. The smallest absolute Gasteiger partial charge is 0.298 e. The molecule has 2 saturated heterocycles. The predicted molar refractivity (Wildman–Crippen MR) is 139 cm³/mol. The van der Waals surface area contributed by atoms with Crippen LogP contribution in [0.4, 0.5) is 11.6 Å². The minimum absolute atomic E-state index is 0.0591. The number of carbonyl (C=O) groups excluding carboxylic acids is 2. The van der Waals surface area contributed by atoms with Gasteiger partial charge in [-0.05, 0) is 56.4 Å². The van der Waals surface area contributed by atoms with Crippen LogP contribution in [0.25, 0.3) is 16.8 Å². The number of rotatable bonds is 4. The highest BCUT2D eigenvalue weighted by Crippen LogP contribution is 2.47. The number of nitrogens with zero attached hydrogens (tertiary/aromatic N) is 5. The number of fused-ring (bicyclic) bond motifs is 3. The van der Waals surface area contributed by atoms with Gasteiger partial charge in [0.2, 0.25) is 0 Å². The average Bonchev–Trinajstić information content (AvgIpc) is 3.61. The third kappa shape index (κ3) is 3.87. The van der Waals surface area contributed by atoms with Gasteiger partial charge in [0.15, 0.2) is 0 Å². The van der Waals surface area contributed by atoms with Crippen LogP contribution in [0.3, 0.4) is 0 Å². The molecular weight excluding hydrogens is 466 g/mol. The lowest BCUT2D eigenvalue weighted by Gasteiger charge is -2.22. The standard InChI is InChI=1S/C28H25N7O2/c1-2-5-23(36)35-19-11-12-21(35)20(16-19)27-33-24(25-26(29)31-14-15-34(25)27)17-7-9-18(10-8-17)28(37)32-22-6-3-4-13-30-22/h3-4,6-10,13-15,19-21H,11-12,16H2,1H3,(H2,29,31)(H,30,32,37)/t19-,20+,21+/m1/s1. The number of benzene rings is 1. The van der Waals surface area contributed by atoms with Crippen molar-refractivity contribution in [1.82, 2.24) is 24.3 Å². The molecule has 9 nitrogen and oxygen atoms in total. The van der Waals surface area contributed by atoms with Gasteiger partial charge in [0.1, 0.15) is 28.7 Å². The molecule has 0 aliphatic carbocycles. The van der Waals surface area contributed by atoms with Crippen LogP contribution in [-0.2, 0) is 4.79 Å². The Morgan fingerprint density at radius 3 is 2.68 bits per heavy atom. The van der Waals surface area contributed by atoms with Gasteiger partial charge in [-0.15, -0.1) is 0 Å². The largest absolute Gasteiger partial charge is 0.382 e. The molecule has 0 spiro atoms. The fourth-order valence-corrected chi connectivity index (χ4v) is 5.71. The first-order chi connectivity index (χ1) is 18.0. The molecule has 2 amide bonds. The Morgan fingerprint density at radius 2 is 1.92 bits per heavy atom. The molecule has 3 N–H and O–H groups in total. The van der Waals surface area contributed by atoms with Crippen LogP contribution >= 0.6 is 0 Å². The highest BCUT2D eigenvalue weighted by atomic mass is 16.2. The molecule has 2 aliphatic heterocycles. The number of amides is 2. The molecule has 2 fully saturated rings. The first-order valence-corrected chi connectivity index (χ1v) is 12.3. The van der Waals surface area contributed by atoms with Gasteiger partial charge in [0, 0.05) is 47.7 Å². The lowest BCUT2D eigenvalue weighted by Crippen LogP contribution is -2.35. The van der Waals surface area contributed by atoms with E-state index in [0.717, 1.165) is 36.2 Å². The van der Waals surface area contributed by atoms with Crippen LogP contribution in [0.1, 0.15) is 48.3 Å². The van der Waals surface area contributed by atoms with Gasteiger partial charge < -0.3 is 16.0 Å². The lowest BCUT2D eigenvalue weighted by molar-refractivity contribution is -0.126. The Kier molecular flexibility index (Phi) is 5.57. The molecular formula is C28H25N7O2. The van der Waals surface area contributed by atoms with Gasteiger partial charge in [-0.2, -0.15) is 0 Å². The fraction of sp³-hybridized carbons (Fsp3) is 0.250. The van der Waals surface area contributed by atoms with Crippen molar-refractivity contribution in [2.45, 2.75) is 44.2 Å². The van der Waals surface area contributed by atoms with Gasteiger partial charge in [-0.1, -0.05) is 24.1 Å². The van der Waals surface area contributed by atoms with Gasteiger partial charge in [0.05, 0.1) is 0 Å². The summed E-state index contributed by atoms with van der Waals surface area (Å²) in [4.78, 5) is 40.8. The highest BCUT2D eigenvalue weighted by molar-refractivity contribution is 6.04. The van der Waals surface area contributed by atoms with E-state index < -0.39 is 0 Å². The van der Waals surface area contributed by atoms with Crippen LogP contribution in [0, 0.1) is 11.8 Å². The van der Waals surface area contributed by atoms with Crippen LogP contribution in [0.2, 0.25) is 0 Å². The van der Waals surface area contributed by atoms with Gasteiger partial charge in [-0.3, -0.25) is 14.0 Å². The summed E-state index contributed by atoms with van der Waals surface area (Å²) in [5.41, 5.74) is 9.08. The molecule has 2 bridgehead atoms. The number of hydrogen-bond donors (Lipinski definition) is 2. The first-order valence-electron chi connectivity index (χ1n) is 12.3. The number of aromatic nitrogens is 4. The van der Waals surface area contributed by atoms with Crippen LogP contribution < -0.4 is 11.1 Å². The number of pyridine rings is 1. The van der Waals surface area contributed by atoms with E-state index in [2.05, 4.69) is 27.1 Å². The second kappa shape index (κ2) is 9.06. The molecule has 0 saturated carbocycles. The van der Waals surface area contributed by atoms with Crippen LogP contribution in [0.15, 0.2) is 61.1 Å². The minimum atomic E-state index is -0.247. The van der Waals surface area contributed by atoms with E-state index in [1.54, 1.807) is 43.6 Å². The predicted octanol–water partition coefficient (Wildman–Crippen LogP) is 3.50. The highest BCUT2D eigenvalue weighted by Gasteiger charge is 2.50. The molecule has 3 atom stereocenters. The fourth-order valence-electron chi connectivity index (χ4n) is 5.71. The zero-order chi connectivity index (χ0) is 25.5. The zero-order valence-electron chi connectivity index (χ0n) is 20.3. The third-order valence-electron chi connectivity index (χ3n) is 7.27. The first kappa shape index (κ1) is 22.7. The number of hydrogen-bond acceptors (Lipinski definition) is 6. The van der Waals surface area contributed by atoms with E-state index in [1.165, 1.54) is 0 Å². The Morgan fingerprint density at radius 1 is 1.08 bits per heavy atom. The normalized spacial score (nSPS) is 20.0. The van der Waals surface area contributed by atoms with Crippen molar-refractivity contribution < 1.29 is 9.59 Å². The quantitative estimate of drug-likeness (QED) is 0.422. The van der Waals surface area contributed by atoms with Crippen molar-refractivity contribution in [2.75, 3.05) is 11.1 Å². The molecule has 2 aliphatic rings. The van der Waals surface area contributed by atoms with Gasteiger partial charge in [0.25, 0.3) is 11.8 Å². The summed E-state index contributed by atoms with van der Waals surface area (Å²) in [5.74, 6) is 6.90. The van der Waals surface area contributed by atoms with Crippen molar-refractivity contribution in [2.24, 2.45) is 0 Å². The molecule has 184 valence electrons. The number of anilines is 2. The van der Waals surface area contributed by atoms with Gasteiger partial charge in [-0.25, -0.2) is 15.0 Å². The molecule has 6 rings (SSSR count). The van der Waals surface area contributed by atoms with Crippen LogP contribution in [-0.4, -0.2) is 48.2 Å². The molecule has 0 radical (unpaired) electrons. The van der Waals surface area contributed by atoms with Crippen molar-refractivity contribution in [3.05, 3.63) is 72.4 Å². The monoisotopic (exact) mass is 491 g/mol.